The summed E-state index contributed by atoms with van der Waals surface area (Å²) in [6.45, 7) is 7.31. The summed E-state index contributed by atoms with van der Waals surface area (Å²) < 4.78 is 50.9. The second kappa shape index (κ2) is 15.2. The fourth-order valence-electron chi connectivity index (χ4n) is 3.96. The summed E-state index contributed by atoms with van der Waals surface area (Å²) in [6, 6.07) is 10.4. The van der Waals surface area contributed by atoms with E-state index < -0.39 is 11.9 Å². The summed E-state index contributed by atoms with van der Waals surface area (Å²) in [7, 11) is 1.11. The molecule has 0 spiro atoms. The fourth-order valence-corrected chi connectivity index (χ4v) is 3.96. The Morgan fingerprint density at radius 1 is 0.889 bits per heavy atom. The monoisotopic (exact) mass is 505 g/mol. The fraction of sp³-hybridized carbons (Fsp3) is 0.483. The van der Waals surface area contributed by atoms with E-state index in [9.17, 15) is 13.2 Å². The van der Waals surface area contributed by atoms with Gasteiger partial charge in [-0.1, -0.05) is 67.3 Å². The number of hydrogen-bond donors (Lipinski definition) is 0. The lowest BCUT2D eigenvalue weighted by Crippen LogP contribution is -2.24. The van der Waals surface area contributed by atoms with Crippen molar-refractivity contribution in [1.82, 2.24) is 0 Å². The Hall–Kier alpha value is -2.96. The molecule has 0 atom stereocenters. The van der Waals surface area contributed by atoms with Crippen molar-refractivity contribution in [3.8, 4) is 11.5 Å². The molecule has 0 N–H and O–H groups in total. The molecule has 0 fully saturated rings. The Labute approximate surface area is 213 Å². The van der Waals surface area contributed by atoms with Gasteiger partial charge in [0.2, 0.25) is 0 Å². The number of allylic oxidation sites excluding steroid dienone is 1. The maximum Gasteiger partial charge on any atom is 0.437 e. The van der Waals surface area contributed by atoms with E-state index in [1.807, 2.05) is 45.1 Å². The maximum atomic E-state index is 13.1. The van der Waals surface area contributed by atoms with E-state index in [-0.39, 0.29) is 5.56 Å². The van der Waals surface area contributed by atoms with Crippen LogP contribution < -0.4 is 9.47 Å². The smallest absolute Gasteiger partial charge is 0.437 e. The minimum atomic E-state index is -4.55. The van der Waals surface area contributed by atoms with Gasteiger partial charge < -0.3 is 14.3 Å². The lowest BCUT2D eigenvalue weighted by Gasteiger charge is -2.14. The number of ether oxygens (including phenoxy) is 2. The number of unbranched alkanes of at least 4 members (excludes halogenated alkanes) is 5. The van der Waals surface area contributed by atoms with Gasteiger partial charge in [0.15, 0.2) is 5.71 Å². The van der Waals surface area contributed by atoms with Gasteiger partial charge in [-0.15, -0.1) is 0 Å². The second-order valence-corrected chi connectivity index (χ2v) is 8.80. The van der Waals surface area contributed by atoms with E-state index in [0.29, 0.717) is 13.2 Å². The van der Waals surface area contributed by atoms with Crippen molar-refractivity contribution < 1.29 is 27.5 Å². The van der Waals surface area contributed by atoms with Crippen LogP contribution in [0, 0.1) is 13.8 Å². The van der Waals surface area contributed by atoms with Gasteiger partial charge in [0.05, 0.1) is 6.61 Å². The highest BCUT2D eigenvalue weighted by Crippen LogP contribution is 2.29. The molecule has 0 aliphatic rings. The summed E-state index contributed by atoms with van der Waals surface area (Å²) in [5.41, 5.74) is 2.18. The molecule has 0 heterocycles. The maximum absolute atomic E-state index is 13.1. The van der Waals surface area contributed by atoms with E-state index in [0.717, 1.165) is 80.2 Å². The van der Waals surface area contributed by atoms with Gasteiger partial charge in [-0.3, -0.25) is 0 Å². The Morgan fingerprint density at radius 3 is 2.08 bits per heavy atom. The van der Waals surface area contributed by atoms with E-state index in [1.54, 1.807) is 12.1 Å². The third-order valence-corrected chi connectivity index (χ3v) is 5.80. The highest BCUT2D eigenvalue weighted by atomic mass is 19.4. The van der Waals surface area contributed by atoms with Crippen LogP contribution in [0.15, 0.2) is 53.7 Å². The molecule has 0 amide bonds. The van der Waals surface area contributed by atoms with Crippen LogP contribution in [0.2, 0.25) is 0 Å². The highest BCUT2D eigenvalue weighted by molar-refractivity contribution is 6.04. The molecule has 2 aromatic rings. The lowest BCUT2D eigenvalue weighted by atomic mass is 10.0. The van der Waals surface area contributed by atoms with Gasteiger partial charge in [0.1, 0.15) is 25.2 Å². The average molecular weight is 506 g/mol. The number of hydrogen-bond acceptors (Lipinski definition) is 4. The Bertz CT molecular complexity index is 959. The first-order valence-corrected chi connectivity index (χ1v) is 12.5. The van der Waals surface area contributed by atoms with Gasteiger partial charge >= 0.3 is 6.18 Å². The molecule has 7 heteroatoms. The Balaban J connectivity index is 1.62. The molecule has 36 heavy (non-hydrogen) atoms. The quantitative estimate of drug-likeness (QED) is 0.106. The second-order valence-electron chi connectivity index (χ2n) is 8.80. The first-order chi connectivity index (χ1) is 17.3. The predicted molar refractivity (Wildman–Crippen MR) is 139 cm³/mol. The molecule has 198 valence electrons. The molecule has 0 saturated carbocycles. The lowest BCUT2D eigenvalue weighted by molar-refractivity contribution is -0.0608. The minimum absolute atomic E-state index is 0.00869. The zero-order valence-corrected chi connectivity index (χ0v) is 21.8. The molecule has 2 aromatic carbocycles. The van der Waals surface area contributed by atoms with Crippen molar-refractivity contribution in [3.63, 3.8) is 0 Å². The predicted octanol–water partition coefficient (Wildman–Crippen LogP) is 8.13. The molecule has 0 bridgehead atoms. The summed E-state index contributed by atoms with van der Waals surface area (Å²) in [6.07, 6.45) is 6.72. The molecule has 0 aliphatic carbocycles. The molecule has 0 aliphatic heterocycles. The number of nitrogens with zero attached hydrogens (tertiary/aromatic N) is 1. The van der Waals surface area contributed by atoms with Gasteiger partial charge in [-0.2, -0.15) is 13.2 Å². The van der Waals surface area contributed by atoms with Crippen LogP contribution in [0.3, 0.4) is 0 Å². The number of halogens is 3. The first-order valence-electron chi connectivity index (χ1n) is 12.5. The summed E-state index contributed by atoms with van der Waals surface area (Å²) in [5.74, 6) is 1.80. The van der Waals surface area contributed by atoms with Crippen molar-refractivity contribution in [2.24, 2.45) is 5.16 Å². The Morgan fingerprint density at radius 2 is 1.50 bits per heavy atom. The van der Waals surface area contributed by atoms with Crippen LogP contribution in [0.1, 0.15) is 67.7 Å². The number of alkyl halides is 3. The standard InChI is InChI=1S/C29H38F3NO3/c1-5-6-18-35-26-20-22(2)27(23(3)21-26)36-19-12-10-8-7-9-11-13-24-14-16-25(17-15-24)28(33-34-4)29(30,31)32/h5-6,14-17,20-21H,7-13,18-19H2,1-4H3/b6-5+,33-28?. The average Bonchev–Trinajstić information content (AvgIpc) is 2.83. The highest BCUT2D eigenvalue weighted by Gasteiger charge is 2.37. The van der Waals surface area contributed by atoms with Crippen LogP contribution in [-0.4, -0.2) is 32.2 Å². The number of aryl methyl sites for hydroxylation is 3. The summed E-state index contributed by atoms with van der Waals surface area (Å²) in [5, 5.41) is 3.13. The normalized spacial score (nSPS) is 12.2. The molecule has 4 nitrogen and oxygen atoms in total. The third kappa shape index (κ3) is 9.96. The number of oxime groups is 1. The van der Waals surface area contributed by atoms with Crippen LogP contribution >= 0.6 is 0 Å². The van der Waals surface area contributed by atoms with Crippen molar-refractivity contribution in [2.45, 2.75) is 71.9 Å². The van der Waals surface area contributed by atoms with Crippen LogP contribution in [0.25, 0.3) is 0 Å². The summed E-state index contributed by atoms with van der Waals surface area (Å²) in [4.78, 5) is 4.35. The van der Waals surface area contributed by atoms with Gasteiger partial charge in [-0.25, -0.2) is 0 Å². The van der Waals surface area contributed by atoms with Gasteiger partial charge in [0.25, 0.3) is 0 Å². The van der Waals surface area contributed by atoms with Crippen LogP contribution in [0.4, 0.5) is 13.2 Å². The molecule has 0 radical (unpaired) electrons. The summed E-state index contributed by atoms with van der Waals surface area (Å²) >= 11 is 0. The van der Waals surface area contributed by atoms with E-state index in [4.69, 9.17) is 9.47 Å². The topological polar surface area (TPSA) is 40.0 Å². The molecule has 2 rings (SSSR count). The van der Waals surface area contributed by atoms with Crippen molar-refractivity contribution in [2.75, 3.05) is 20.3 Å². The third-order valence-electron chi connectivity index (χ3n) is 5.80. The Kier molecular flexibility index (Phi) is 12.4. The van der Waals surface area contributed by atoms with E-state index >= 15 is 0 Å². The van der Waals surface area contributed by atoms with E-state index in [1.165, 1.54) is 12.1 Å². The van der Waals surface area contributed by atoms with Crippen molar-refractivity contribution in [3.05, 3.63) is 70.8 Å². The van der Waals surface area contributed by atoms with E-state index in [2.05, 4.69) is 9.99 Å². The number of benzene rings is 2. The largest absolute Gasteiger partial charge is 0.493 e. The first kappa shape index (κ1) is 29.3. The zero-order valence-electron chi connectivity index (χ0n) is 21.8. The molecular formula is C29H38F3NO3. The number of rotatable bonds is 15. The van der Waals surface area contributed by atoms with Crippen LogP contribution in [0.5, 0.6) is 11.5 Å². The van der Waals surface area contributed by atoms with Gasteiger partial charge in [-0.05, 0) is 68.9 Å². The SMILES string of the molecule is C/C=C/COc1cc(C)c(OCCCCCCCCc2ccc(C(=NOC)C(F)(F)F)cc2)c(C)c1. The van der Waals surface area contributed by atoms with Crippen LogP contribution in [-0.2, 0) is 11.3 Å². The minimum Gasteiger partial charge on any atom is -0.493 e. The molecule has 0 saturated heterocycles. The zero-order chi connectivity index (χ0) is 26.4. The molecule has 0 aromatic heterocycles. The molecule has 0 unspecified atom stereocenters. The molecular weight excluding hydrogens is 467 g/mol. The van der Waals surface area contributed by atoms with Crippen molar-refractivity contribution >= 4 is 5.71 Å². The van der Waals surface area contributed by atoms with Crippen molar-refractivity contribution in [1.29, 1.82) is 0 Å². The van der Waals surface area contributed by atoms with Gasteiger partial charge in [0, 0.05) is 5.56 Å².